The van der Waals surface area contributed by atoms with Gasteiger partial charge in [0.05, 0.1) is 0 Å². The summed E-state index contributed by atoms with van der Waals surface area (Å²) < 4.78 is 0. The average Bonchev–Trinajstić information content (AvgIpc) is 2.43. The van der Waals surface area contributed by atoms with Crippen molar-refractivity contribution in [2.75, 3.05) is 33.7 Å². The molecule has 1 aromatic carbocycles. The molecule has 1 aromatic rings. The van der Waals surface area contributed by atoms with Crippen LogP contribution in [-0.4, -0.2) is 44.6 Å². The second kappa shape index (κ2) is 11.8. The molecule has 0 fully saturated rings. The van der Waals surface area contributed by atoms with Gasteiger partial charge in [-0.1, -0.05) is 44.2 Å². The minimum atomic E-state index is 0. The van der Waals surface area contributed by atoms with Crippen molar-refractivity contribution in [1.29, 1.82) is 0 Å². The molecule has 0 saturated heterocycles. The number of aliphatic imine (C=N–C) groups is 1. The fraction of sp³-hybridized carbons (Fsp3) is 0.562. The van der Waals surface area contributed by atoms with E-state index in [4.69, 9.17) is 0 Å². The van der Waals surface area contributed by atoms with E-state index >= 15 is 0 Å². The Labute approximate surface area is 146 Å². The number of rotatable bonds is 7. The SMILES string of the molecule is CN=C(NCCN(C)Cc1ccccc1)NCC(C)C.I. The third-order valence-electron chi connectivity index (χ3n) is 2.98. The molecule has 0 aliphatic carbocycles. The highest BCUT2D eigenvalue weighted by Gasteiger charge is 2.02. The van der Waals surface area contributed by atoms with Crippen molar-refractivity contribution in [3.63, 3.8) is 0 Å². The van der Waals surface area contributed by atoms with Gasteiger partial charge in [0.15, 0.2) is 5.96 Å². The minimum Gasteiger partial charge on any atom is -0.356 e. The third-order valence-corrected chi connectivity index (χ3v) is 2.98. The second-order valence-corrected chi connectivity index (χ2v) is 5.50. The zero-order valence-corrected chi connectivity index (χ0v) is 15.9. The molecule has 21 heavy (non-hydrogen) atoms. The Bertz CT molecular complexity index is 393. The number of nitrogens with one attached hydrogen (secondary N) is 2. The molecule has 2 N–H and O–H groups in total. The first-order chi connectivity index (χ1) is 9.61. The summed E-state index contributed by atoms with van der Waals surface area (Å²) in [6, 6.07) is 10.5. The summed E-state index contributed by atoms with van der Waals surface area (Å²) in [7, 11) is 3.95. The quantitative estimate of drug-likeness (QED) is 0.417. The number of hydrogen-bond acceptors (Lipinski definition) is 2. The second-order valence-electron chi connectivity index (χ2n) is 5.50. The highest BCUT2D eigenvalue weighted by atomic mass is 127. The van der Waals surface area contributed by atoms with Crippen molar-refractivity contribution in [3.05, 3.63) is 35.9 Å². The molecule has 0 spiro atoms. The van der Waals surface area contributed by atoms with E-state index in [0.717, 1.165) is 32.1 Å². The van der Waals surface area contributed by atoms with Gasteiger partial charge in [-0.25, -0.2) is 0 Å². The largest absolute Gasteiger partial charge is 0.356 e. The van der Waals surface area contributed by atoms with Gasteiger partial charge in [0, 0.05) is 33.2 Å². The molecular formula is C16H29IN4. The van der Waals surface area contributed by atoms with Gasteiger partial charge in [-0.3, -0.25) is 4.99 Å². The highest BCUT2D eigenvalue weighted by molar-refractivity contribution is 14.0. The monoisotopic (exact) mass is 404 g/mol. The van der Waals surface area contributed by atoms with Crippen molar-refractivity contribution < 1.29 is 0 Å². The first-order valence-corrected chi connectivity index (χ1v) is 7.28. The lowest BCUT2D eigenvalue weighted by atomic mass is 10.2. The van der Waals surface area contributed by atoms with Crippen molar-refractivity contribution >= 4 is 29.9 Å². The molecule has 0 aliphatic heterocycles. The number of hydrogen-bond donors (Lipinski definition) is 2. The average molecular weight is 404 g/mol. The van der Waals surface area contributed by atoms with E-state index in [-0.39, 0.29) is 24.0 Å². The molecule has 0 aliphatic rings. The van der Waals surface area contributed by atoms with Crippen molar-refractivity contribution in [2.45, 2.75) is 20.4 Å². The van der Waals surface area contributed by atoms with Crippen LogP contribution in [0.1, 0.15) is 19.4 Å². The summed E-state index contributed by atoms with van der Waals surface area (Å²) in [6.45, 7) is 8.17. The molecule has 0 bridgehead atoms. The molecule has 0 unspecified atom stereocenters. The van der Waals surface area contributed by atoms with Crippen LogP contribution in [0.2, 0.25) is 0 Å². The Morgan fingerprint density at radius 2 is 1.86 bits per heavy atom. The standard InChI is InChI=1S/C16H28N4.HI/c1-14(2)12-19-16(17-3)18-10-11-20(4)13-15-8-6-5-7-9-15;/h5-9,14H,10-13H2,1-4H3,(H2,17,18,19);1H. The summed E-state index contributed by atoms with van der Waals surface area (Å²) in [4.78, 5) is 6.52. The maximum absolute atomic E-state index is 4.22. The molecule has 1 rings (SSSR count). The van der Waals surface area contributed by atoms with Gasteiger partial charge in [0.1, 0.15) is 0 Å². The van der Waals surface area contributed by atoms with E-state index < -0.39 is 0 Å². The summed E-state index contributed by atoms with van der Waals surface area (Å²) in [6.07, 6.45) is 0. The molecule has 0 heterocycles. The highest BCUT2D eigenvalue weighted by Crippen LogP contribution is 2.01. The lowest BCUT2D eigenvalue weighted by Gasteiger charge is -2.18. The molecule has 0 aromatic heterocycles. The van der Waals surface area contributed by atoms with E-state index in [2.05, 4.69) is 71.8 Å². The molecule has 4 nitrogen and oxygen atoms in total. The van der Waals surface area contributed by atoms with Gasteiger partial charge in [-0.2, -0.15) is 0 Å². The Kier molecular flexibility index (Phi) is 11.3. The van der Waals surface area contributed by atoms with Crippen LogP contribution in [0.15, 0.2) is 35.3 Å². The Hall–Kier alpha value is -0.820. The van der Waals surface area contributed by atoms with E-state index in [9.17, 15) is 0 Å². The maximum atomic E-state index is 4.22. The molecular weight excluding hydrogens is 375 g/mol. The first-order valence-electron chi connectivity index (χ1n) is 7.28. The summed E-state index contributed by atoms with van der Waals surface area (Å²) >= 11 is 0. The van der Waals surface area contributed by atoms with Crippen LogP contribution < -0.4 is 10.6 Å². The minimum absolute atomic E-state index is 0. The lowest BCUT2D eigenvalue weighted by molar-refractivity contribution is 0.331. The van der Waals surface area contributed by atoms with E-state index in [1.165, 1.54) is 5.56 Å². The molecule has 0 saturated carbocycles. The first kappa shape index (κ1) is 20.2. The van der Waals surface area contributed by atoms with Crippen LogP contribution in [-0.2, 0) is 6.54 Å². The van der Waals surface area contributed by atoms with Gasteiger partial charge in [-0.15, -0.1) is 24.0 Å². The smallest absolute Gasteiger partial charge is 0.191 e. The Balaban J connectivity index is 0.00000400. The van der Waals surface area contributed by atoms with Crippen LogP contribution in [0.5, 0.6) is 0 Å². The Morgan fingerprint density at radius 1 is 1.19 bits per heavy atom. The van der Waals surface area contributed by atoms with Gasteiger partial charge >= 0.3 is 0 Å². The van der Waals surface area contributed by atoms with Crippen LogP contribution in [0.4, 0.5) is 0 Å². The molecule has 120 valence electrons. The third kappa shape index (κ3) is 9.68. The van der Waals surface area contributed by atoms with E-state index in [1.807, 2.05) is 7.05 Å². The normalized spacial score (nSPS) is 11.4. The fourth-order valence-corrected chi connectivity index (χ4v) is 1.86. The summed E-state index contributed by atoms with van der Waals surface area (Å²) in [5, 5.41) is 6.65. The van der Waals surface area contributed by atoms with E-state index in [1.54, 1.807) is 0 Å². The van der Waals surface area contributed by atoms with E-state index in [0.29, 0.717) is 5.92 Å². The predicted octanol–water partition coefficient (Wildman–Crippen LogP) is 2.56. The van der Waals surface area contributed by atoms with Crippen molar-refractivity contribution in [1.82, 2.24) is 15.5 Å². The number of guanidine groups is 1. The zero-order valence-electron chi connectivity index (χ0n) is 13.6. The molecule has 0 radical (unpaired) electrons. The van der Waals surface area contributed by atoms with Gasteiger partial charge in [-0.05, 0) is 18.5 Å². The number of likely N-dealkylation sites (N-methyl/N-ethyl adjacent to an activating group) is 1. The molecule has 0 atom stereocenters. The summed E-state index contributed by atoms with van der Waals surface area (Å²) in [5.41, 5.74) is 1.34. The van der Waals surface area contributed by atoms with Crippen molar-refractivity contribution in [3.8, 4) is 0 Å². The van der Waals surface area contributed by atoms with Crippen LogP contribution in [0, 0.1) is 5.92 Å². The zero-order chi connectivity index (χ0) is 14.8. The number of benzene rings is 1. The topological polar surface area (TPSA) is 39.7 Å². The molecule has 0 amide bonds. The molecule has 5 heteroatoms. The number of nitrogens with zero attached hydrogens (tertiary/aromatic N) is 2. The summed E-state index contributed by atoms with van der Waals surface area (Å²) in [5.74, 6) is 1.50. The lowest BCUT2D eigenvalue weighted by Crippen LogP contribution is -2.42. The fourth-order valence-electron chi connectivity index (χ4n) is 1.86. The van der Waals surface area contributed by atoms with Crippen LogP contribution in [0.3, 0.4) is 0 Å². The Morgan fingerprint density at radius 3 is 2.43 bits per heavy atom. The van der Waals surface area contributed by atoms with Crippen molar-refractivity contribution in [2.24, 2.45) is 10.9 Å². The van der Waals surface area contributed by atoms with Crippen LogP contribution in [0.25, 0.3) is 0 Å². The van der Waals surface area contributed by atoms with Crippen LogP contribution >= 0.6 is 24.0 Å². The van der Waals surface area contributed by atoms with Gasteiger partial charge < -0.3 is 15.5 Å². The maximum Gasteiger partial charge on any atom is 0.191 e. The predicted molar refractivity (Wildman–Crippen MR) is 102 cm³/mol. The van der Waals surface area contributed by atoms with Gasteiger partial charge in [0.25, 0.3) is 0 Å². The number of halogens is 1. The van der Waals surface area contributed by atoms with Gasteiger partial charge in [0.2, 0.25) is 0 Å².